The Labute approximate surface area is 591 Å². The molecule has 0 bridgehead atoms. The maximum Gasteiger partial charge on any atom is 0.306 e. The molecule has 10 heteroatoms. The summed E-state index contributed by atoms with van der Waals surface area (Å²) in [6.45, 7) is 4.11. The van der Waals surface area contributed by atoms with E-state index in [0.717, 1.165) is 135 Å². The number of hydrogen-bond acceptors (Lipinski definition) is 8. The highest BCUT2D eigenvalue weighted by atomic mass is 31.2. The minimum atomic E-state index is -4.66. The van der Waals surface area contributed by atoms with Gasteiger partial charge in [-0.25, -0.2) is 0 Å². The molecular formula is C86H144NO8P. The topological polar surface area (TPSA) is 111 Å². The lowest BCUT2D eigenvalue weighted by molar-refractivity contribution is -0.870. The number of carbonyl (C=O) groups excluding carboxylic acids is 2. The van der Waals surface area contributed by atoms with E-state index in [1.807, 2.05) is 21.1 Å². The molecule has 2 atom stereocenters. The van der Waals surface area contributed by atoms with Crippen LogP contribution in [0.5, 0.6) is 0 Å². The Hall–Kier alpha value is -4.63. The number of rotatable bonds is 70. The van der Waals surface area contributed by atoms with Crippen LogP contribution in [-0.2, 0) is 32.7 Å². The summed E-state index contributed by atoms with van der Waals surface area (Å²) >= 11 is 0. The SMILES string of the molecule is CC/C=C\C/C=C\C/C=C\C/C=C\C/C=C\C/C=C\C/C=C\C/C=C\C/C=C\C/C=C\C/C=C\CCCCCCCCCC(=O)OC(COC(=O)CCCCCCCCCCCCCCCCCC/C=C\C/C=C\C/C=C\CCCCCCC)COP(=O)([O-])OCC[N+](C)(C)C. The summed E-state index contributed by atoms with van der Waals surface area (Å²) in [7, 11) is 1.14. The van der Waals surface area contributed by atoms with E-state index in [4.69, 9.17) is 18.5 Å². The summed E-state index contributed by atoms with van der Waals surface area (Å²) in [4.78, 5) is 38.2. The predicted octanol–water partition coefficient (Wildman–Crippen LogP) is 25.4. The summed E-state index contributed by atoms with van der Waals surface area (Å²) in [6, 6.07) is 0. The molecule has 96 heavy (non-hydrogen) atoms. The number of phosphoric acid groups is 1. The highest BCUT2D eigenvalue weighted by molar-refractivity contribution is 7.45. The first-order valence-corrected chi connectivity index (χ1v) is 40.3. The molecule has 0 saturated heterocycles. The van der Waals surface area contributed by atoms with Crippen LogP contribution in [0, 0.1) is 0 Å². The largest absolute Gasteiger partial charge is 0.756 e. The van der Waals surface area contributed by atoms with Crippen LogP contribution in [-0.4, -0.2) is 70.0 Å². The number of esters is 2. The first-order chi connectivity index (χ1) is 47.0. The highest BCUT2D eigenvalue weighted by Crippen LogP contribution is 2.38. The Morgan fingerprint density at radius 3 is 0.885 bits per heavy atom. The number of hydrogen-bond donors (Lipinski definition) is 0. The molecule has 0 N–H and O–H groups in total. The van der Waals surface area contributed by atoms with Gasteiger partial charge in [-0.2, -0.15) is 0 Å². The van der Waals surface area contributed by atoms with Crippen LogP contribution >= 0.6 is 7.82 Å². The summed E-state index contributed by atoms with van der Waals surface area (Å²) in [5.41, 5.74) is 0. The van der Waals surface area contributed by atoms with Gasteiger partial charge >= 0.3 is 11.9 Å². The quantitative estimate of drug-likeness (QED) is 0.0195. The Kier molecular flexibility index (Phi) is 71.0. The van der Waals surface area contributed by atoms with E-state index in [1.165, 1.54) is 141 Å². The molecule has 0 amide bonds. The van der Waals surface area contributed by atoms with E-state index in [2.05, 4.69) is 184 Å². The average molecular weight is 1350 g/mol. The second-order valence-corrected chi connectivity index (χ2v) is 28.0. The molecular weight excluding hydrogens is 1210 g/mol. The van der Waals surface area contributed by atoms with Crippen LogP contribution in [0.4, 0.5) is 0 Å². The van der Waals surface area contributed by atoms with Crippen LogP contribution in [0.2, 0.25) is 0 Å². The van der Waals surface area contributed by atoms with E-state index in [9.17, 15) is 19.0 Å². The van der Waals surface area contributed by atoms with Crippen LogP contribution < -0.4 is 4.89 Å². The fourth-order valence-electron chi connectivity index (χ4n) is 10.3. The smallest absolute Gasteiger partial charge is 0.306 e. The molecule has 0 aromatic carbocycles. The summed E-state index contributed by atoms with van der Waals surface area (Å²) in [5, 5.41) is 0. The monoisotopic (exact) mass is 1350 g/mol. The van der Waals surface area contributed by atoms with Crippen LogP contribution in [0.1, 0.15) is 309 Å². The lowest BCUT2D eigenvalue weighted by Crippen LogP contribution is -2.37. The number of ether oxygens (including phenoxy) is 2. The summed E-state index contributed by atoms with van der Waals surface area (Å²) < 4.78 is 34.4. The van der Waals surface area contributed by atoms with Gasteiger partial charge in [0.25, 0.3) is 7.82 Å². The first kappa shape index (κ1) is 91.4. The van der Waals surface area contributed by atoms with Gasteiger partial charge in [-0.3, -0.25) is 14.2 Å². The summed E-state index contributed by atoms with van der Waals surface area (Å²) in [5.74, 6) is -0.849. The lowest BCUT2D eigenvalue weighted by Gasteiger charge is -2.28. The van der Waals surface area contributed by atoms with Gasteiger partial charge in [0, 0.05) is 12.8 Å². The van der Waals surface area contributed by atoms with Gasteiger partial charge in [-0.15, -0.1) is 0 Å². The number of carbonyl (C=O) groups is 2. The number of quaternary nitrogens is 1. The number of likely N-dealkylation sites (N-methyl/N-ethyl adjacent to an activating group) is 1. The van der Waals surface area contributed by atoms with Gasteiger partial charge in [0.1, 0.15) is 19.8 Å². The van der Waals surface area contributed by atoms with Crippen LogP contribution in [0.25, 0.3) is 0 Å². The molecule has 0 aliphatic rings. The van der Waals surface area contributed by atoms with Crippen molar-refractivity contribution in [3.8, 4) is 0 Å². The Morgan fingerprint density at radius 2 is 0.594 bits per heavy atom. The minimum Gasteiger partial charge on any atom is -0.756 e. The van der Waals surface area contributed by atoms with E-state index in [-0.39, 0.29) is 32.0 Å². The van der Waals surface area contributed by atoms with Crippen molar-refractivity contribution >= 4 is 19.8 Å². The molecule has 0 saturated carbocycles. The molecule has 0 spiro atoms. The van der Waals surface area contributed by atoms with Crippen molar-refractivity contribution in [1.29, 1.82) is 0 Å². The van der Waals surface area contributed by atoms with Crippen molar-refractivity contribution in [3.63, 3.8) is 0 Å². The van der Waals surface area contributed by atoms with Crippen molar-refractivity contribution < 1.29 is 42.1 Å². The van der Waals surface area contributed by atoms with Gasteiger partial charge in [0.05, 0.1) is 27.7 Å². The minimum absolute atomic E-state index is 0.0406. The molecule has 2 unspecified atom stereocenters. The Bertz CT molecular complexity index is 2230. The highest BCUT2D eigenvalue weighted by Gasteiger charge is 2.22. The standard InChI is InChI=1S/C86H144NO8P/c1-6-8-10-12-14-16-18-20-22-24-26-28-30-32-34-36-38-39-40-41-42-43-44-45-46-47-49-51-53-55-57-59-61-63-65-67-69-71-73-75-77-79-86(89)95-84(83-94-96(90,91)93-81-80-87(3,4)5)82-92-85(88)78-76-74-72-70-68-66-64-62-60-58-56-54-52-50-48-37-35-33-31-29-27-25-23-21-19-17-15-13-11-9-7-2/h8,10,14,16,19-22,25-28,31-34,38-39,41-42,44-45,47,49,53,55,59,61,84H,6-7,9,11-13,15,17-18,23-24,29-30,35-37,40,43,46,48,50-52,54,56-58,60,62-83H2,1-5H3/b10-8-,16-14-,21-19-,22-20-,27-25-,28-26-,33-31-,34-32-,39-38-,42-41-,45-44-,49-47-,55-53-,61-59-. The first-order valence-electron chi connectivity index (χ1n) is 38.8. The maximum atomic E-state index is 12.9. The number of allylic oxidation sites excluding steroid dienone is 28. The summed E-state index contributed by atoms with van der Waals surface area (Å²) in [6.07, 6.45) is 113. The fourth-order valence-corrected chi connectivity index (χ4v) is 11.0. The maximum absolute atomic E-state index is 12.9. The van der Waals surface area contributed by atoms with Crippen molar-refractivity contribution in [2.45, 2.75) is 315 Å². The predicted molar refractivity (Wildman–Crippen MR) is 415 cm³/mol. The van der Waals surface area contributed by atoms with Crippen molar-refractivity contribution in [2.75, 3.05) is 47.5 Å². The molecule has 0 rings (SSSR count). The van der Waals surface area contributed by atoms with Gasteiger partial charge in [0.15, 0.2) is 6.10 Å². The fraction of sp³-hybridized carbons (Fsp3) is 0.651. The van der Waals surface area contributed by atoms with Gasteiger partial charge in [0.2, 0.25) is 0 Å². The number of unbranched alkanes of at least 4 members (excludes halogenated alkanes) is 28. The van der Waals surface area contributed by atoms with Crippen LogP contribution in [0.3, 0.4) is 0 Å². The van der Waals surface area contributed by atoms with Crippen molar-refractivity contribution in [2.24, 2.45) is 0 Å². The second-order valence-electron chi connectivity index (χ2n) is 26.6. The zero-order valence-corrected chi connectivity index (χ0v) is 63.2. The molecule has 0 radical (unpaired) electrons. The molecule has 0 aromatic heterocycles. The zero-order valence-electron chi connectivity index (χ0n) is 62.3. The molecule has 0 aromatic rings. The van der Waals surface area contributed by atoms with E-state index < -0.39 is 26.5 Å². The average Bonchev–Trinajstić information content (AvgIpc) is 2.54. The molecule has 0 heterocycles. The van der Waals surface area contributed by atoms with E-state index in [1.54, 1.807) is 0 Å². The Balaban J connectivity index is 4.09. The number of phosphoric ester groups is 1. The van der Waals surface area contributed by atoms with Gasteiger partial charge in [-0.1, -0.05) is 332 Å². The second kappa shape index (κ2) is 74.6. The van der Waals surface area contributed by atoms with Gasteiger partial charge in [-0.05, 0) is 135 Å². The lowest BCUT2D eigenvalue weighted by atomic mass is 10.0. The van der Waals surface area contributed by atoms with E-state index >= 15 is 0 Å². The third-order valence-electron chi connectivity index (χ3n) is 16.2. The zero-order chi connectivity index (χ0) is 69.7. The third-order valence-corrected chi connectivity index (χ3v) is 17.2. The van der Waals surface area contributed by atoms with Crippen molar-refractivity contribution in [3.05, 3.63) is 170 Å². The van der Waals surface area contributed by atoms with Gasteiger partial charge < -0.3 is 27.9 Å². The molecule has 0 aliphatic heterocycles. The molecule has 0 fully saturated rings. The Morgan fingerprint density at radius 1 is 0.333 bits per heavy atom. The molecule has 0 aliphatic carbocycles. The van der Waals surface area contributed by atoms with E-state index in [0.29, 0.717) is 17.4 Å². The third kappa shape index (κ3) is 78.4. The normalized spacial score (nSPS) is 14.0. The van der Waals surface area contributed by atoms with Crippen LogP contribution in [0.15, 0.2) is 170 Å². The molecule has 546 valence electrons. The number of nitrogens with zero attached hydrogens (tertiary/aromatic N) is 1. The van der Waals surface area contributed by atoms with Crippen molar-refractivity contribution in [1.82, 2.24) is 0 Å². The molecule has 9 nitrogen and oxygen atoms in total.